The largest absolute Gasteiger partial charge is 0.288 e. The normalized spacial score (nSPS) is 10.6. The van der Waals surface area contributed by atoms with Crippen LogP contribution in [0.2, 0.25) is 5.02 Å². The summed E-state index contributed by atoms with van der Waals surface area (Å²) < 4.78 is 39.7. The molecule has 0 spiro atoms. The van der Waals surface area contributed by atoms with Crippen LogP contribution in [0.25, 0.3) is 0 Å². The van der Waals surface area contributed by atoms with Crippen molar-refractivity contribution >= 4 is 17.4 Å². The Hall–Kier alpha value is -1.81. The second-order valence-electron chi connectivity index (χ2n) is 4.04. The maximum Gasteiger partial charge on any atom is 0.196 e. The standard InChI is InChI=1S/C14H8ClF3O/c1-7-4-9(13(18)6-12(7)17)14(19)8-2-3-11(16)10(15)5-8/h2-6H,1H3. The lowest BCUT2D eigenvalue weighted by molar-refractivity contribution is 0.103. The topological polar surface area (TPSA) is 17.1 Å². The van der Waals surface area contributed by atoms with Gasteiger partial charge in [-0.3, -0.25) is 4.79 Å². The van der Waals surface area contributed by atoms with Gasteiger partial charge in [0, 0.05) is 11.6 Å². The Morgan fingerprint density at radius 3 is 2.32 bits per heavy atom. The van der Waals surface area contributed by atoms with Crippen LogP contribution in [-0.2, 0) is 0 Å². The van der Waals surface area contributed by atoms with E-state index in [-0.39, 0.29) is 21.7 Å². The minimum absolute atomic E-state index is 0.0382. The lowest BCUT2D eigenvalue weighted by atomic mass is 10.0. The Labute approximate surface area is 112 Å². The van der Waals surface area contributed by atoms with Gasteiger partial charge in [0.15, 0.2) is 5.78 Å². The van der Waals surface area contributed by atoms with Gasteiger partial charge in [-0.15, -0.1) is 0 Å². The summed E-state index contributed by atoms with van der Waals surface area (Å²) in [6.07, 6.45) is 0. The van der Waals surface area contributed by atoms with Crippen molar-refractivity contribution in [2.45, 2.75) is 6.92 Å². The summed E-state index contributed by atoms with van der Waals surface area (Å²) >= 11 is 5.56. The molecule has 0 unspecified atom stereocenters. The van der Waals surface area contributed by atoms with Crippen molar-refractivity contribution < 1.29 is 18.0 Å². The van der Waals surface area contributed by atoms with E-state index in [0.29, 0.717) is 6.07 Å². The molecule has 1 nitrogen and oxygen atoms in total. The predicted octanol–water partition coefficient (Wildman–Crippen LogP) is 4.30. The molecule has 2 aromatic carbocycles. The van der Waals surface area contributed by atoms with E-state index < -0.39 is 23.2 Å². The van der Waals surface area contributed by atoms with Crippen LogP contribution in [-0.4, -0.2) is 5.78 Å². The summed E-state index contributed by atoms with van der Waals surface area (Å²) in [6.45, 7) is 1.42. The zero-order valence-corrected chi connectivity index (χ0v) is 10.6. The van der Waals surface area contributed by atoms with Crippen LogP contribution in [0.1, 0.15) is 21.5 Å². The fraction of sp³-hybridized carbons (Fsp3) is 0.0714. The van der Waals surface area contributed by atoms with Gasteiger partial charge in [-0.1, -0.05) is 11.6 Å². The van der Waals surface area contributed by atoms with Crippen LogP contribution in [0, 0.1) is 24.4 Å². The number of hydrogen-bond donors (Lipinski definition) is 0. The van der Waals surface area contributed by atoms with Crippen molar-refractivity contribution in [1.29, 1.82) is 0 Å². The molecule has 0 aliphatic heterocycles. The summed E-state index contributed by atoms with van der Waals surface area (Å²) in [7, 11) is 0. The fourth-order valence-corrected chi connectivity index (χ4v) is 1.80. The van der Waals surface area contributed by atoms with Crippen molar-refractivity contribution in [3.8, 4) is 0 Å². The Morgan fingerprint density at radius 1 is 1.00 bits per heavy atom. The molecule has 0 N–H and O–H groups in total. The van der Waals surface area contributed by atoms with Crippen molar-refractivity contribution in [3.63, 3.8) is 0 Å². The van der Waals surface area contributed by atoms with Gasteiger partial charge in [0.2, 0.25) is 0 Å². The van der Waals surface area contributed by atoms with E-state index in [1.54, 1.807) is 0 Å². The molecule has 5 heteroatoms. The highest BCUT2D eigenvalue weighted by Gasteiger charge is 2.17. The number of rotatable bonds is 2. The zero-order valence-electron chi connectivity index (χ0n) is 9.81. The van der Waals surface area contributed by atoms with E-state index in [4.69, 9.17) is 11.6 Å². The highest BCUT2D eigenvalue weighted by Crippen LogP contribution is 2.21. The molecule has 0 fully saturated rings. The van der Waals surface area contributed by atoms with Gasteiger partial charge >= 0.3 is 0 Å². The molecule has 19 heavy (non-hydrogen) atoms. The summed E-state index contributed by atoms with van der Waals surface area (Å²) in [5.41, 5.74) is -0.0872. The molecule has 0 saturated carbocycles. The van der Waals surface area contributed by atoms with Gasteiger partial charge in [-0.2, -0.15) is 0 Å². The third-order valence-electron chi connectivity index (χ3n) is 2.67. The van der Waals surface area contributed by atoms with Gasteiger partial charge < -0.3 is 0 Å². The fourth-order valence-electron chi connectivity index (χ4n) is 1.62. The maximum absolute atomic E-state index is 13.6. The molecule has 0 amide bonds. The molecule has 0 aliphatic rings. The smallest absolute Gasteiger partial charge is 0.196 e. The molecule has 0 aliphatic carbocycles. The summed E-state index contributed by atoms with van der Waals surface area (Å²) in [6, 6.07) is 5.08. The number of halogens is 4. The molecular weight excluding hydrogens is 277 g/mol. The first kappa shape index (κ1) is 13.6. The highest BCUT2D eigenvalue weighted by atomic mass is 35.5. The van der Waals surface area contributed by atoms with E-state index in [9.17, 15) is 18.0 Å². The number of aryl methyl sites for hydroxylation is 1. The van der Waals surface area contributed by atoms with Crippen LogP contribution in [0.4, 0.5) is 13.2 Å². The van der Waals surface area contributed by atoms with Gasteiger partial charge in [0.1, 0.15) is 17.5 Å². The van der Waals surface area contributed by atoms with E-state index in [1.165, 1.54) is 13.0 Å². The van der Waals surface area contributed by atoms with Gasteiger partial charge in [-0.05, 0) is 36.8 Å². The average molecular weight is 285 g/mol. The van der Waals surface area contributed by atoms with Crippen molar-refractivity contribution in [1.82, 2.24) is 0 Å². The second-order valence-corrected chi connectivity index (χ2v) is 4.45. The first-order valence-electron chi connectivity index (χ1n) is 5.35. The van der Waals surface area contributed by atoms with Crippen LogP contribution >= 0.6 is 11.6 Å². The Bertz CT molecular complexity index is 668. The average Bonchev–Trinajstić information content (AvgIpc) is 2.36. The maximum atomic E-state index is 13.6. The molecule has 98 valence electrons. The molecule has 0 saturated heterocycles. The molecular formula is C14H8ClF3O. The number of hydrogen-bond acceptors (Lipinski definition) is 1. The van der Waals surface area contributed by atoms with Gasteiger partial charge in [-0.25, -0.2) is 13.2 Å². The van der Waals surface area contributed by atoms with Crippen LogP contribution < -0.4 is 0 Å². The lowest BCUT2D eigenvalue weighted by Gasteiger charge is -2.06. The zero-order chi connectivity index (χ0) is 14.2. The first-order valence-corrected chi connectivity index (χ1v) is 5.73. The highest BCUT2D eigenvalue weighted by molar-refractivity contribution is 6.31. The molecule has 2 rings (SSSR count). The van der Waals surface area contributed by atoms with Gasteiger partial charge in [0.05, 0.1) is 10.6 Å². The molecule has 0 heterocycles. The van der Waals surface area contributed by atoms with Crippen molar-refractivity contribution in [2.24, 2.45) is 0 Å². The predicted molar refractivity (Wildman–Crippen MR) is 65.9 cm³/mol. The Morgan fingerprint density at radius 2 is 1.68 bits per heavy atom. The Balaban J connectivity index is 2.49. The molecule has 2 aromatic rings. The molecule has 0 atom stereocenters. The van der Waals surface area contributed by atoms with E-state index >= 15 is 0 Å². The molecule has 0 bridgehead atoms. The second kappa shape index (κ2) is 5.05. The van der Waals surface area contributed by atoms with Gasteiger partial charge in [0.25, 0.3) is 0 Å². The number of benzene rings is 2. The summed E-state index contributed by atoms with van der Waals surface area (Å²) in [5, 5.41) is -0.231. The summed E-state index contributed by atoms with van der Waals surface area (Å²) in [5.74, 6) is -3.05. The van der Waals surface area contributed by atoms with Crippen molar-refractivity contribution in [3.05, 3.63) is 69.5 Å². The quantitative estimate of drug-likeness (QED) is 0.752. The van der Waals surface area contributed by atoms with E-state index in [2.05, 4.69) is 0 Å². The Kier molecular flexibility index (Phi) is 3.62. The first-order chi connectivity index (χ1) is 8.90. The van der Waals surface area contributed by atoms with E-state index in [0.717, 1.165) is 18.2 Å². The SMILES string of the molecule is Cc1cc(C(=O)c2ccc(F)c(Cl)c2)c(F)cc1F. The minimum Gasteiger partial charge on any atom is -0.288 e. The monoisotopic (exact) mass is 284 g/mol. The lowest BCUT2D eigenvalue weighted by Crippen LogP contribution is -2.06. The van der Waals surface area contributed by atoms with Crippen LogP contribution in [0.3, 0.4) is 0 Å². The summed E-state index contributed by atoms with van der Waals surface area (Å²) in [4.78, 5) is 12.1. The molecule has 0 aromatic heterocycles. The van der Waals surface area contributed by atoms with E-state index in [1.807, 2.05) is 0 Å². The van der Waals surface area contributed by atoms with Crippen LogP contribution in [0.15, 0.2) is 30.3 Å². The van der Waals surface area contributed by atoms with Crippen molar-refractivity contribution in [2.75, 3.05) is 0 Å². The third-order valence-corrected chi connectivity index (χ3v) is 2.96. The molecule has 0 radical (unpaired) electrons. The van der Waals surface area contributed by atoms with Crippen LogP contribution in [0.5, 0.6) is 0 Å². The third kappa shape index (κ3) is 2.63. The minimum atomic E-state index is -0.964. The number of ketones is 1. The number of carbonyl (C=O) groups is 1. The number of carbonyl (C=O) groups excluding carboxylic acids is 1.